The molecule has 0 unspecified atom stereocenters. The van der Waals surface area contributed by atoms with E-state index in [1.54, 1.807) is 0 Å². The minimum absolute atomic E-state index is 0.646. The summed E-state index contributed by atoms with van der Waals surface area (Å²) >= 11 is 0. The van der Waals surface area contributed by atoms with Crippen molar-refractivity contribution in [3.8, 4) is 0 Å². The zero-order chi connectivity index (χ0) is 7.94. The number of hydrogen-bond donors (Lipinski definition) is 0. The standard InChI is InChI=1S/C7H14N4/c8-10-9-4-3-7-11-5-1-2-6-11/h1-7H2. The van der Waals surface area contributed by atoms with E-state index in [1.165, 1.54) is 25.9 Å². The number of rotatable bonds is 4. The van der Waals surface area contributed by atoms with Gasteiger partial charge in [-0.25, -0.2) is 0 Å². The fraction of sp³-hybridized carbons (Fsp3) is 1.00. The summed E-state index contributed by atoms with van der Waals surface area (Å²) < 4.78 is 0. The first-order chi connectivity index (χ1) is 5.43. The molecule has 0 aromatic rings. The molecule has 0 bridgehead atoms. The average molecular weight is 154 g/mol. The second kappa shape index (κ2) is 4.99. The Balaban J connectivity index is 1.97. The highest BCUT2D eigenvalue weighted by molar-refractivity contribution is 4.65. The van der Waals surface area contributed by atoms with Crippen molar-refractivity contribution in [3.05, 3.63) is 10.4 Å². The first-order valence-corrected chi connectivity index (χ1v) is 4.16. The summed E-state index contributed by atoms with van der Waals surface area (Å²) in [5.74, 6) is 0. The van der Waals surface area contributed by atoms with Crippen LogP contribution in [0.25, 0.3) is 10.4 Å². The molecule has 0 N–H and O–H groups in total. The predicted molar refractivity (Wildman–Crippen MR) is 44.3 cm³/mol. The van der Waals surface area contributed by atoms with Gasteiger partial charge in [-0.05, 0) is 44.4 Å². The number of likely N-dealkylation sites (tertiary alicyclic amines) is 1. The SMILES string of the molecule is [N-]=[N+]=NCCCN1CCCC1. The molecule has 0 saturated carbocycles. The van der Waals surface area contributed by atoms with E-state index in [0.717, 1.165) is 13.0 Å². The van der Waals surface area contributed by atoms with Gasteiger partial charge in [0.2, 0.25) is 0 Å². The molecule has 0 aromatic heterocycles. The first kappa shape index (κ1) is 8.37. The Morgan fingerprint density at radius 2 is 2.09 bits per heavy atom. The molecule has 11 heavy (non-hydrogen) atoms. The van der Waals surface area contributed by atoms with Crippen LogP contribution in [-0.4, -0.2) is 31.1 Å². The van der Waals surface area contributed by atoms with Crippen LogP contribution in [0.4, 0.5) is 0 Å². The quantitative estimate of drug-likeness (QED) is 0.263. The number of hydrogen-bond acceptors (Lipinski definition) is 2. The average Bonchev–Trinajstić information content (AvgIpc) is 2.50. The molecule has 0 aromatic carbocycles. The lowest BCUT2D eigenvalue weighted by Gasteiger charge is -2.12. The summed E-state index contributed by atoms with van der Waals surface area (Å²) in [4.78, 5) is 5.13. The van der Waals surface area contributed by atoms with Gasteiger partial charge < -0.3 is 4.90 Å². The van der Waals surface area contributed by atoms with Crippen molar-refractivity contribution in [2.24, 2.45) is 5.11 Å². The summed E-state index contributed by atoms with van der Waals surface area (Å²) in [7, 11) is 0. The Morgan fingerprint density at radius 1 is 1.36 bits per heavy atom. The maximum absolute atomic E-state index is 8.00. The molecule has 1 saturated heterocycles. The van der Waals surface area contributed by atoms with Crippen LogP contribution in [0.5, 0.6) is 0 Å². The monoisotopic (exact) mass is 154 g/mol. The van der Waals surface area contributed by atoms with Gasteiger partial charge in [-0.3, -0.25) is 0 Å². The van der Waals surface area contributed by atoms with E-state index in [2.05, 4.69) is 14.9 Å². The molecule has 0 radical (unpaired) electrons. The van der Waals surface area contributed by atoms with Gasteiger partial charge in [-0.1, -0.05) is 5.11 Å². The zero-order valence-electron chi connectivity index (χ0n) is 6.74. The van der Waals surface area contributed by atoms with Crippen molar-refractivity contribution in [1.82, 2.24) is 4.90 Å². The molecule has 0 spiro atoms. The summed E-state index contributed by atoms with van der Waals surface area (Å²) in [5, 5.41) is 3.49. The van der Waals surface area contributed by atoms with Crippen molar-refractivity contribution >= 4 is 0 Å². The Bertz CT molecular complexity index is 145. The van der Waals surface area contributed by atoms with Crippen LogP contribution in [0.1, 0.15) is 19.3 Å². The van der Waals surface area contributed by atoms with Gasteiger partial charge >= 0.3 is 0 Å². The Morgan fingerprint density at radius 3 is 2.73 bits per heavy atom. The van der Waals surface area contributed by atoms with Gasteiger partial charge in [-0.15, -0.1) is 0 Å². The van der Waals surface area contributed by atoms with E-state index in [-0.39, 0.29) is 0 Å². The molecule has 1 aliphatic rings. The second-order valence-corrected chi connectivity index (χ2v) is 2.86. The summed E-state index contributed by atoms with van der Waals surface area (Å²) in [6.45, 7) is 4.21. The van der Waals surface area contributed by atoms with Gasteiger partial charge in [-0.2, -0.15) is 0 Å². The lowest BCUT2D eigenvalue weighted by atomic mass is 10.4. The summed E-state index contributed by atoms with van der Waals surface area (Å²) in [6, 6.07) is 0. The van der Waals surface area contributed by atoms with Crippen LogP contribution in [0.3, 0.4) is 0 Å². The fourth-order valence-corrected chi connectivity index (χ4v) is 1.42. The van der Waals surface area contributed by atoms with Crippen molar-refractivity contribution in [1.29, 1.82) is 0 Å². The third kappa shape index (κ3) is 3.25. The smallest absolute Gasteiger partial charge is 0.0270 e. The normalized spacial score (nSPS) is 18.2. The van der Waals surface area contributed by atoms with Crippen molar-refractivity contribution in [2.45, 2.75) is 19.3 Å². The highest BCUT2D eigenvalue weighted by Gasteiger charge is 2.09. The molecule has 4 nitrogen and oxygen atoms in total. The van der Waals surface area contributed by atoms with Crippen LogP contribution in [0, 0.1) is 0 Å². The van der Waals surface area contributed by atoms with Crippen LogP contribution in [0.15, 0.2) is 5.11 Å². The third-order valence-electron chi connectivity index (χ3n) is 1.99. The minimum Gasteiger partial charge on any atom is -0.303 e. The predicted octanol–water partition coefficient (Wildman–Crippen LogP) is 1.78. The van der Waals surface area contributed by atoms with Gasteiger partial charge in [0.25, 0.3) is 0 Å². The number of nitrogens with zero attached hydrogens (tertiary/aromatic N) is 4. The maximum Gasteiger partial charge on any atom is 0.0270 e. The molecule has 0 amide bonds. The molecule has 1 fully saturated rings. The maximum atomic E-state index is 8.00. The van der Waals surface area contributed by atoms with E-state index < -0.39 is 0 Å². The summed E-state index contributed by atoms with van der Waals surface area (Å²) in [5.41, 5.74) is 8.00. The van der Waals surface area contributed by atoms with Crippen molar-refractivity contribution < 1.29 is 0 Å². The fourth-order valence-electron chi connectivity index (χ4n) is 1.42. The molecular weight excluding hydrogens is 140 g/mol. The second-order valence-electron chi connectivity index (χ2n) is 2.86. The molecule has 1 heterocycles. The molecule has 4 heteroatoms. The van der Waals surface area contributed by atoms with Gasteiger partial charge in [0.15, 0.2) is 0 Å². The highest BCUT2D eigenvalue weighted by atomic mass is 15.2. The Labute approximate surface area is 66.8 Å². The van der Waals surface area contributed by atoms with E-state index in [4.69, 9.17) is 5.53 Å². The lowest BCUT2D eigenvalue weighted by molar-refractivity contribution is 0.336. The minimum atomic E-state index is 0.646. The zero-order valence-corrected chi connectivity index (χ0v) is 6.74. The molecule has 0 atom stereocenters. The topological polar surface area (TPSA) is 52.0 Å². The molecule has 0 aliphatic carbocycles. The molecule has 1 rings (SSSR count). The largest absolute Gasteiger partial charge is 0.303 e. The number of azide groups is 1. The van der Waals surface area contributed by atoms with Gasteiger partial charge in [0, 0.05) is 11.5 Å². The summed E-state index contributed by atoms with van der Waals surface area (Å²) in [6.07, 6.45) is 3.67. The van der Waals surface area contributed by atoms with Crippen LogP contribution >= 0.6 is 0 Å². The van der Waals surface area contributed by atoms with Crippen LogP contribution in [0.2, 0.25) is 0 Å². The van der Waals surface area contributed by atoms with Gasteiger partial charge in [0.1, 0.15) is 0 Å². The van der Waals surface area contributed by atoms with Crippen LogP contribution < -0.4 is 0 Å². The van der Waals surface area contributed by atoms with E-state index >= 15 is 0 Å². The third-order valence-corrected chi connectivity index (χ3v) is 1.99. The molecule has 1 aliphatic heterocycles. The Hall–Kier alpha value is -0.730. The van der Waals surface area contributed by atoms with E-state index in [0.29, 0.717) is 6.54 Å². The van der Waals surface area contributed by atoms with E-state index in [1.807, 2.05) is 0 Å². The van der Waals surface area contributed by atoms with Gasteiger partial charge in [0.05, 0.1) is 0 Å². The highest BCUT2D eigenvalue weighted by Crippen LogP contribution is 2.06. The Kier molecular flexibility index (Phi) is 3.80. The van der Waals surface area contributed by atoms with Crippen LogP contribution in [-0.2, 0) is 0 Å². The molecule has 62 valence electrons. The molecular formula is C7H14N4. The van der Waals surface area contributed by atoms with E-state index in [9.17, 15) is 0 Å². The first-order valence-electron chi connectivity index (χ1n) is 4.16. The lowest BCUT2D eigenvalue weighted by Crippen LogP contribution is -2.20. The van der Waals surface area contributed by atoms with Crippen molar-refractivity contribution in [3.63, 3.8) is 0 Å². The van der Waals surface area contributed by atoms with Crippen molar-refractivity contribution in [2.75, 3.05) is 26.2 Å².